The summed E-state index contributed by atoms with van der Waals surface area (Å²) < 4.78 is 0. The van der Waals surface area contributed by atoms with Crippen molar-refractivity contribution in [1.29, 1.82) is 0 Å². The van der Waals surface area contributed by atoms with E-state index in [0.29, 0.717) is 21.7 Å². The van der Waals surface area contributed by atoms with Crippen molar-refractivity contribution >= 4 is 0 Å². The zero-order valence-corrected chi connectivity index (χ0v) is 16.7. The number of hydrogen-bond donors (Lipinski definition) is 0. The molecule has 0 aromatic carbocycles. The molecule has 0 spiro atoms. The van der Waals surface area contributed by atoms with Gasteiger partial charge in [-0.15, -0.1) is 0 Å². The first-order valence-corrected chi connectivity index (χ1v) is 7.91. The van der Waals surface area contributed by atoms with Gasteiger partial charge < -0.3 is 12.2 Å². The first-order chi connectivity index (χ1) is 8.76. The predicted octanol–water partition coefficient (Wildman–Crippen LogP) is 6.38. The van der Waals surface area contributed by atoms with E-state index in [1.807, 2.05) is 0 Å². The Morgan fingerprint density at radius 3 is 0.905 bits per heavy atom. The molecule has 0 radical (unpaired) electrons. The van der Waals surface area contributed by atoms with E-state index in [4.69, 9.17) is 0 Å². The molecule has 0 aromatic rings. The minimum Gasteiger partial charge on any atom is -0.496 e. The average Bonchev–Trinajstić information content (AvgIpc) is 2.60. The molecule has 2 aliphatic rings. The molecule has 0 saturated heterocycles. The van der Waals surface area contributed by atoms with Gasteiger partial charge in [-0.1, -0.05) is 80.1 Å². The fourth-order valence-corrected chi connectivity index (χ4v) is 2.61. The van der Waals surface area contributed by atoms with Crippen molar-refractivity contribution in [3.63, 3.8) is 0 Å². The van der Waals surface area contributed by atoms with Crippen molar-refractivity contribution < 1.29 is 16.5 Å². The monoisotopic (exact) mass is 332 g/mol. The maximum atomic E-state index is 3.42. The van der Waals surface area contributed by atoms with E-state index in [-0.39, 0.29) is 16.5 Å². The van der Waals surface area contributed by atoms with Gasteiger partial charge in [-0.25, -0.2) is 0 Å². The maximum absolute atomic E-state index is 3.42. The molecule has 0 aliphatic heterocycles. The predicted molar refractivity (Wildman–Crippen MR) is 89.2 cm³/mol. The van der Waals surface area contributed by atoms with Crippen LogP contribution in [0.2, 0.25) is 0 Å². The van der Waals surface area contributed by atoms with E-state index in [9.17, 15) is 0 Å². The quantitative estimate of drug-likeness (QED) is 0.356. The summed E-state index contributed by atoms with van der Waals surface area (Å²) in [4.78, 5) is 0. The van der Waals surface area contributed by atoms with Gasteiger partial charge in [0.25, 0.3) is 0 Å². The van der Waals surface area contributed by atoms with Gasteiger partial charge in [0.15, 0.2) is 0 Å². The SMILES string of the molecule is CC1=[C-]CC(C)(C)C1(C)C.CC1=[C-]CC(C)(C)C1(C)C.[Ni+2]. The van der Waals surface area contributed by atoms with Crippen LogP contribution in [-0.2, 0) is 16.5 Å². The van der Waals surface area contributed by atoms with Gasteiger partial charge >= 0.3 is 16.5 Å². The molecular formula is C20H34Ni. The standard InChI is InChI=1S/2C10H17.Ni/c2*1-8-6-7-9(2,3)10(8,4)5;/h2*7H2,1-5H3;/q2*-1;+2. The molecule has 0 unspecified atom stereocenters. The smallest absolute Gasteiger partial charge is 0.496 e. The van der Waals surface area contributed by atoms with Crippen molar-refractivity contribution in [1.82, 2.24) is 0 Å². The zero-order chi connectivity index (χ0) is 16.0. The normalized spacial score (nSPS) is 27.0. The molecule has 0 atom stereocenters. The molecule has 2 aliphatic carbocycles. The van der Waals surface area contributed by atoms with E-state index in [2.05, 4.69) is 81.4 Å². The van der Waals surface area contributed by atoms with Crippen LogP contribution in [0.1, 0.15) is 82.1 Å². The number of allylic oxidation sites excluding steroid dienone is 4. The largest absolute Gasteiger partial charge is 2.00 e. The summed E-state index contributed by atoms with van der Waals surface area (Å²) in [6.07, 6.45) is 9.07. The maximum Gasteiger partial charge on any atom is 2.00 e. The minimum atomic E-state index is 0. The summed E-state index contributed by atoms with van der Waals surface area (Å²) in [5.41, 5.74) is 4.39. The molecule has 124 valence electrons. The molecule has 0 aromatic heterocycles. The molecule has 0 heterocycles. The third kappa shape index (κ3) is 3.66. The third-order valence-electron chi connectivity index (χ3n) is 6.85. The molecule has 0 N–H and O–H groups in total. The Morgan fingerprint density at radius 1 is 0.619 bits per heavy atom. The molecule has 0 nitrogen and oxygen atoms in total. The molecule has 0 bridgehead atoms. The van der Waals surface area contributed by atoms with Gasteiger partial charge in [0.2, 0.25) is 0 Å². The zero-order valence-electron chi connectivity index (χ0n) is 15.7. The van der Waals surface area contributed by atoms with Gasteiger partial charge in [-0.2, -0.15) is 12.8 Å². The van der Waals surface area contributed by atoms with Crippen LogP contribution in [0.15, 0.2) is 11.1 Å². The second-order valence-electron chi connectivity index (χ2n) is 8.97. The molecule has 21 heavy (non-hydrogen) atoms. The molecule has 0 saturated carbocycles. The summed E-state index contributed by atoms with van der Waals surface area (Å²) in [5.74, 6) is 0. The van der Waals surface area contributed by atoms with Crippen molar-refractivity contribution in [3.8, 4) is 0 Å². The van der Waals surface area contributed by atoms with E-state index >= 15 is 0 Å². The number of hydrogen-bond acceptors (Lipinski definition) is 0. The second kappa shape index (κ2) is 6.23. The fourth-order valence-electron chi connectivity index (χ4n) is 2.61. The first-order valence-electron chi connectivity index (χ1n) is 7.91. The van der Waals surface area contributed by atoms with Crippen LogP contribution in [-0.4, -0.2) is 0 Å². The van der Waals surface area contributed by atoms with E-state index in [0.717, 1.165) is 12.8 Å². The summed E-state index contributed by atoms with van der Waals surface area (Å²) in [5, 5.41) is 0. The van der Waals surface area contributed by atoms with Crippen LogP contribution in [0.5, 0.6) is 0 Å². The second-order valence-corrected chi connectivity index (χ2v) is 8.97. The summed E-state index contributed by atoms with van der Waals surface area (Å²) in [7, 11) is 0. The van der Waals surface area contributed by atoms with Gasteiger partial charge in [0.05, 0.1) is 0 Å². The molecule has 1 heteroatoms. The Hall–Kier alpha value is -0.0265. The Morgan fingerprint density at radius 2 is 0.857 bits per heavy atom. The van der Waals surface area contributed by atoms with Crippen LogP contribution in [0.25, 0.3) is 0 Å². The van der Waals surface area contributed by atoms with Crippen molar-refractivity contribution in [3.05, 3.63) is 23.3 Å². The van der Waals surface area contributed by atoms with E-state index in [1.54, 1.807) is 0 Å². The van der Waals surface area contributed by atoms with Crippen LogP contribution in [0.3, 0.4) is 0 Å². The van der Waals surface area contributed by atoms with Crippen LogP contribution in [0, 0.1) is 33.8 Å². The molecule has 0 amide bonds. The van der Waals surface area contributed by atoms with Crippen molar-refractivity contribution in [2.45, 2.75) is 82.1 Å². The van der Waals surface area contributed by atoms with Crippen LogP contribution in [0.4, 0.5) is 0 Å². The summed E-state index contributed by atoms with van der Waals surface area (Å²) in [6.45, 7) is 22.9. The van der Waals surface area contributed by atoms with Crippen LogP contribution < -0.4 is 0 Å². The van der Waals surface area contributed by atoms with E-state index in [1.165, 1.54) is 11.1 Å². The first kappa shape index (κ1) is 21.0. The van der Waals surface area contributed by atoms with Crippen LogP contribution >= 0.6 is 0 Å². The van der Waals surface area contributed by atoms with E-state index < -0.39 is 0 Å². The van der Waals surface area contributed by atoms with Gasteiger partial charge in [0, 0.05) is 0 Å². The molecule has 2 rings (SSSR count). The number of rotatable bonds is 0. The topological polar surface area (TPSA) is 0 Å². The Kier molecular flexibility index (Phi) is 6.22. The molecule has 0 fully saturated rings. The Balaban J connectivity index is 0.000000364. The Labute approximate surface area is 143 Å². The van der Waals surface area contributed by atoms with Gasteiger partial charge in [0.1, 0.15) is 0 Å². The fraction of sp³-hybridized carbons (Fsp3) is 0.800. The Bertz CT molecular complexity index is 389. The van der Waals surface area contributed by atoms with Crippen molar-refractivity contribution in [2.24, 2.45) is 21.7 Å². The average molecular weight is 333 g/mol. The summed E-state index contributed by atoms with van der Waals surface area (Å²) in [6, 6.07) is 0. The van der Waals surface area contributed by atoms with Gasteiger partial charge in [-0.05, 0) is 10.8 Å². The van der Waals surface area contributed by atoms with Crippen molar-refractivity contribution in [2.75, 3.05) is 0 Å². The van der Waals surface area contributed by atoms with Gasteiger partial charge in [-0.3, -0.25) is 11.1 Å². The molecular weight excluding hydrogens is 299 g/mol. The summed E-state index contributed by atoms with van der Waals surface area (Å²) >= 11 is 0. The minimum absolute atomic E-state index is 0. The third-order valence-corrected chi connectivity index (χ3v) is 6.85.